The molecule has 0 radical (unpaired) electrons. The van der Waals surface area contributed by atoms with E-state index in [0.29, 0.717) is 16.4 Å². The van der Waals surface area contributed by atoms with Gasteiger partial charge in [-0.3, -0.25) is 4.79 Å². The molecule has 0 saturated carbocycles. The average molecular weight is 280 g/mol. The van der Waals surface area contributed by atoms with Crippen molar-refractivity contribution in [1.29, 1.82) is 0 Å². The Morgan fingerprint density at radius 2 is 1.70 bits per heavy atom. The van der Waals surface area contributed by atoms with Crippen molar-refractivity contribution >= 4 is 17.3 Å². The quantitative estimate of drug-likeness (QED) is 0.686. The maximum Gasteiger partial charge on any atom is 0.223 e. The molecule has 1 heterocycles. The van der Waals surface area contributed by atoms with Crippen LogP contribution in [0.2, 0.25) is 0 Å². The van der Waals surface area contributed by atoms with E-state index < -0.39 is 0 Å². The van der Waals surface area contributed by atoms with Gasteiger partial charge in [-0.1, -0.05) is 54.6 Å². The Hall–Kier alpha value is -2.33. The van der Waals surface area contributed by atoms with Crippen molar-refractivity contribution in [1.82, 2.24) is 9.36 Å². The van der Waals surface area contributed by atoms with Gasteiger partial charge < -0.3 is 0 Å². The monoisotopic (exact) mass is 280 g/mol. The molecule has 0 amide bonds. The van der Waals surface area contributed by atoms with Gasteiger partial charge in [-0.25, -0.2) is 4.98 Å². The Bertz CT molecular complexity index is 750. The third-order valence-corrected chi connectivity index (χ3v) is 3.76. The van der Waals surface area contributed by atoms with E-state index in [1.54, 1.807) is 12.1 Å². The molecule has 98 valence electrons. The minimum atomic E-state index is -0.0806. The molecule has 4 heteroatoms. The van der Waals surface area contributed by atoms with E-state index in [4.69, 9.17) is 0 Å². The Balaban J connectivity index is 1.95. The van der Waals surface area contributed by atoms with Gasteiger partial charge in [0.05, 0.1) is 0 Å². The summed E-state index contributed by atoms with van der Waals surface area (Å²) in [7, 11) is 0. The first kappa shape index (κ1) is 12.7. The number of carbonyl (C=O) groups excluding carboxylic acids is 1. The van der Waals surface area contributed by atoms with E-state index in [9.17, 15) is 4.79 Å². The lowest BCUT2D eigenvalue weighted by Gasteiger charge is -1.99. The van der Waals surface area contributed by atoms with Crippen LogP contribution in [0.25, 0.3) is 11.4 Å². The predicted octanol–water partition coefficient (Wildman–Crippen LogP) is 3.74. The molecule has 3 aromatic rings. The van der Waals surface area contributed by atoms with Gasteiger partial charge >= 0.3 is 0 Å². The molecule has 0 spiro atoms. The lowest BCUT2D eigenvalue weighted by Crippen LogP contribution is -2.00. The van der Waals surface area contributed by atoms with E-state index in [2.05, 4.69) is 9.36 Å². The van der Waals surface area contributed by atoms with Crippen LogP contribution in [0.1, 0.15) is 20.9 Å². The van der Waals surface area contributed by atoms with Crippen molar-refractivity contribution in [3.05, 3.63) is 70.7 Å². The number of ketones is 1. The second-order valence-corrected chi connectivity index (χ2v) is 5.19. The number of aromatic nitrogens is 2. The van der Waals surface area contributed by atoms with Crippen molar-refractivity contribution in [2.24, 2.45) is 0 Å². The minimum Gasteiger partial charge on any atom is -0.286 e. The zero-order valence-electron chi connectivity index (χ0n) is 10.9. The number of benzene rings is 2. The molecule has 0 bridgehead atoms. The molecule has 0 aliphatic rings. The molecule has 0 unspecified atom stereocenters. The van der Waals surface area contributed by atoms with Crippen molar-refractivity contribution in [2.75, 3.05) is 0 Å². The summed E-state index contributed by atoms with van der Waals surface area (Å²) in [5.74, 6) is 0.537. The van der Waals surface area contributed by atoms with Crippen LogP contribution in [0.15, 0.2) is 54.6 Å². The molecule has 1 aromatic heterocycles. The van der Waals surface area contributed by atoms with Gasteiger partial charge in [0.15, 0.2) is 10.8 Å². The molecular weight excluding hydrogens is 268 g/mol. The first-order valence-electron chi connectivity index (χ1n) is 6.25. The van der Waals surface area contributed by atoms with E-state index in [1.165, 1.54) is 0 Å². The minimum absolute atomic E-state index is 0.0806. The Morgan fingerprint density at radius 1 is 1.00 bits per heavy atom. The summed E-state index contributed by atoms with van der Waals surface area (Å²) in [6.07, 6.45) is 0. The molecule has 3 rings (SSSR count). The second-order valence-electron chi connectivity index (χ2n) is 4.43. The number of rotatable bonds is 3. The van der Waals surface area contributed by atoms with Crippen molar-refractivity contribution in [3.8, 4) is 11.4 Å². The molecule has 3 nitrogen and oxygen atoms in total. The van der Waals surface area contributed by atoms with Gasteiger partial charge in [-0.05, 0) is 24.0 Å². The molecule has 0 aliphatic carbocycles. The van der Waals surface area contributed by atoms with E-state index in [-0.39, 0.29) is 5.78 Å². The van der Waals surface area contributed by atoms with Crippen LogP contribution in [0.5, 0.6) is 0 Å². The van der Waals surface area contributed by atoms with E-state index in [0.717, 1.165) is 22.7 Å². The van der Waals surface area contributed by atoms with Gasteiger partial charge in [-0.15, -0.1) is 0 Å². The topological polar surface area (TPSA) is 42.9 Å². The fourth-order valence-electron chi connectivity index (χ4n) is 1.96. The van der Waals surface area contributed by atoms with Crippen LogP contribution in [0, 0.1) is 6.92 Å². The summed E-state index contributed by atoms with van der Waals surface area (Å²) in [4.78, 5) is 16.7. The van der Waals surface area contributed by atoms with Crippen LogP contribution in [-0.2, 0) is 0 Å². The Labute approximate surface area is 121 Å². The molecule has 0 atom stereocenters. The SMILES string of the molecule is Cc1ccccc1-c1nsc(C(=O)c2ccccc2)n1. The van der Waals surface area contributed by atoms with Crippen LogP contribution < -0.4 is 0 Å². The van der Waals surface area contributed by atoms with Crippen LogP contribution in [0.3, 0.4) is 0 Å². The first-order chi connectivity index (χ1) is 9.75. The lowest BCUT2D eigenvalue weighted by atomic mass is 10.1. The normalized spacial score (nSPS) is 10.4. The van der Waals surface area contributed by atoms with Crippen molar-refractivity contribution < 1.29 is 4.79 Å². The fraction of sp³-hybridized carbons (Fsp3) is 0.0625. The van der Waals surface area contributed by atoms with Crippen molar-refractivity contribution in [3.63, 3.8) is 0 Å². The largest absolute Gasteiger partial charge is 0.286 e. The molecule has 0 fully saturated rings. The number of hydrogen-bond donors (Lipinski definition) is 0. The standard InChI is InChI=1S/C16H12N2OS/c1-11-7-5-6-10-13(11)15-17-16(20-18-15)14(19)12-8-3-2-4-9-12/h2-10H,1H3. The highest BCUT2D eigenvalue weighted by Gasteiger charge is 2.16. The summed E-state index contributed by atoms with van der Waals surface area (Å²) in [6.45, 7) is 2.01. The van der Waals surface area contributed by atoms with E-state index >= 15 is 0 Å². The van der Waals surface area contributed by atoms with Gasteiger partial charge in [0.2, 0.25) is 5.78 Å². The Morgan fingerprint density at radius 3 is 2.45 bits per heavy atom. The summed E-state index contributed by atoms with van der Waals surface area (Å²) in [5, 5.41) is 0.425. The molecule has 0 N–H and O–H groups in total. The number of nitrogens with zero attached hydrogens (tertiary/aromatic N) is 2. The number of carbonyl (C=O) groups is 1. The van der Waals surface area contributed by atoms with Gasteiger partial charge in [0, 0.05) is 11.1 Å². The fourth-order valence-corrected chi connectivity index (χ4v) is 2.60. The van der Waals surface area contributed by atoms with Gasteiger partial charge in [-0.2, -0.15) is 4.37 Å². The third-order valence-electron chi connectivity index (χ3n) is 3.04. The molecule has 2 aromatic carbocycles. The van der Waals surface area contributed by atoms with E-state index in [1.807, 2.05) is 49.4 Å². The van der Waals surface area contributed by atoms with Crippen LogP contribution in [-0.4, -0.2) is 15.1 Å². The average Bonchev–Trinajstić information content (AvgIpc) is 2.97. The van der Waals surface area contributed by atoms with Crippen molar-refractivity contribution in [2.45, 2.75) is 6.92 Å². The molecule has 20 heavy (non-hydrogen) atoms. The maximum absolute atomic E-state index is 12.3. The summed E-state index contributed by atoms with van der Waals surface area (Å²) in [5.41, 5.74) is 2.71. The highest BCUT2D eigenvalue weighted by molar-refractivity contribution is 7.08. The summed E-state index contributed by atoms with van der Waals surface area (Å²) >= 11 is 1.15. The molecule has 0 aliphatic heterocycles. The summed E-state index contributed by atoms with van der Waals surface area (Å²) in [6, 6.07) is 17.0. The smallest absolute Gasteiger partial charge is 0.223 e. The molecular formula is C16H12N2OS. The van der Waals surface area contributed by atoms with Crippen LogP contribution >= 0.6 is 11.5 Å². The number of hydrogen-bond acceptors (Lipinski definition) is 4. The highest BCUT2D eigenvalue weighted by Crippen LogP contribution is 2.22. The first-order valence-corrected chi connectivity index (χ1v) is 7.02. The zero-order valence-corrected chi connectivity index (χ0v) is 11.7. The highest BCUT2D eigenvalue weighted by atomic mass is 32.1. The third kappa shape index (κ3) is 2.38. The Kier molecular flexibility index (Phi) is 3.39. The zero-order chi connectivity index (χ0) is 13.9. The lowest BCUT2D eigenvalue weighted by molar-refractivity contribution is 0.103. The maximum atomic E-state index is 12.3. The van der Waals surface area contributed by atoms with Crippen LogP contribution in [0.4, 0.5) is 0 Å². The predicted molar refractivity (Wildman–Crippen MR) is 80.0 cm³/mol. The summed E-state index contributed by atoms with van der Waals surface area (Å²) < 4.78 is 4.30. The van der Waals surface area contributed by atoms with Gasteiger partial charge in [0.1, 0.15) is 0 Å². The molecule has 0 saturated heterocycles. The van der Waals surface area contributed by atoms with Gasteiger partial charge in [0.25, 0.3) is 0 Å². The second kappa shape index (κ2) is 5.35. The number of aryl methyl sites for hydroxylation is 1.